The number of para-hydroxylation sites is 1. The maximum atomic E-state index is 12.8. The van der Waals surface area contributed by atoms with Crippen molar-refractivity contribution < 1.29 is 22.9 Å². The molecule has 3 N–H and O–H groups in total. The highest BCUT2D eigenvalue weighted by molar-refractivity contribution is 6.00. The van der Waals surface area contributed by atoms with Gasteiger partial charge >= 0.3 is 6.18 Å². The Bertz CT molecular complexity index is 1120. The van der Waals surface area contributed by atoms with E-state index >= 15 is 0 Å². The van der Waals surface area contributed by atoms with E-state index in [4.69, 9.17) is 5.73 Å². The Morgan fingerprint density at radius 2 is 2.00 bits per heavy atom. The fourth-order valence-electron chi connectivity index (χ4n) is 2.80. The van der Waals surface area contributed by atoms with Gasteiger partial charge in [0.05, 0.1) is 16.7 Å². The number of rotatable bonds is 6. The molecule has 1 aromatic heterocycles. The zero-order valence-corrected chi connectivity index (χ0v) is 14.7. The van der Waals surface area contributed by atoms with Gasteiger partial charge in [0.15, 0.2) is 0 Å². The van der Waals surface area contributed by atoms with Gasteiger partial charge in [-0.25, -0.2) is 0 Å². The number of nitrogens with two attached hydrogens (primary N) is 1. The molecule has 0 aliphatic carbocycles. The molecule has 0 bridgehead atoms. The molecule has 11 heteroatoms. The molecule has 1 heterocycles. The van der Waals surface area contributed by atoms with Crippen LogP contribution in [0.2, 0.25) is 0 Å². The Hall–Kier alpha value is -3.89. The van der Waals surface area contributed by atoms with E-state index in [1.807, 2.05) is 0 Å². The highest BCUT2D eigenvalue weighted by Gasteiger charge is 2.33. The molecule has 150 valence electrons. The van der Waals surface area contributed by atoms with Crippen LogP contribution in [-0.4, -0.2) is 21.6 Å². The number of anilines is 1. The number of hydrazone groups is 1. The van der Waals surface area contributed by atoms with Gasteiger partial charge in [0.2, 0.25) is 5.91 Å². The van der Waals surface area contributed by atoms with E-state index in [0.29, 0.717) is 11.6 Å². The van der Waals surface area contributed by atoms with Crippen LogP contribution in [0.4, 0.5) is 24.5 Å². The van der Waals surface area contributed by atoms with Gasteiger partial charge in [-0.05, 0) is 18.2 Å². The van der Waals surface area contributed by atoms with E-state index < -0.39 is 28.3 Å². The number of alkyl halides is 3. The Morgan fingerprint density at radius 3 is 2.66 bits per heavy atom. The number of carbonyl (C=O) groups is 1. The lowest BCUT2D eigenvalue weighted by molar-refractivity contribution is -0.384. The number of nitrogens with zero attached hydrogens (tertiary/aromatic N) is 3. The number of aromatic nitrogens is 1. The molecule has 0 unspecified atom stereocenters. The summed E-state index contributed by atoms with van der Waals surface area (Å²) in [6.07, 6.45) is -1.72. The van der Waals surface area contributed by atoms with Crippen LogP contribution in [-0.2, 0) is 17.5 Å². The lowest BCUT2D eigenvalue weighted by atomic mass is 10.1. The average molecular weight is 405 g/mol. The number of halogens is 3. The number of hydrogen-bond acceptors (Lipinski definition) is 5. The molecule has 2 aromatic carbocycles. The van der Waals surface area contributed by atoms with Crippen molar-refractivity contribution >= 4 is 34.4 Å². The summed E-state index contributed by atoms with van der Waals surface area (Å²) in [6, 6.07) is 9.24. The first-order chi connectivity index (χ1) is 13.7. The van der Waals surface area contributed by atoms with Crippen molar-refractivity contribution in [1.82, 2.24) is 4.57 Å². The van der Waals surface area contributed by atoms with Crippen molar-refractivity contribution in [1.29, 1.82) is 0 Å². The predicted molar refractivity (Wildman–Crippen MR) is 100 cm³/mol. The summed E-state index contributed by atoms with van der Waals surface area (Å²) in [7, 11) is 0. The summed E-state index contributed by atoms with van der Waals surface area (Å²) < 4.78 is 39.9. The lowest BCUT2D eigenvalue weighted by Gasteiger charge is -2.08. The van der Waals surface area contributed by atoms with Gasteiger partial charge in [0.25, 0.3) is 5.69 Å². The summed E-state index contributed by atoms with van der Waals surface area (Å²) in [4.78, 5) is 21.4. The number of primary amides is 1. The third-order valence-electron chi connectivity index (χ3n) is 4.06. The number of hydrogen-bond donors (Lipinski definition) is 2. The second-order valence-electron chi connectivity index (χ2n) is 6.05. The van der Waals surface area contributed by atoms with Crippen molar-refractivity contribution in [3.8, 4) is 0 Å². The van der Waals surface area contributed by atoms with Crippen molar-refractivity contribution in [3.63, 3.8) is 0 Å². The molecular weight excluding hydrogens is 391 g/mol. The smallest absolute Gasteiger partial charge is 0.368 e. The highest BCUT2D eigenvalue weighted by Crippen LogP contribution is 2.35. The second-order valence-corrected chi connectivity index (χ2v) is 6.05. The molecule has 1 amide bonds. The first-order valence-corrected chi connectivity index (χ1v) is 8.17. The van der Waals surface area contributed by atoms with Gasteiger partial charge in [-0.2, -0.15) is 18.3 Å². The molecule has 0 spiro atoms. The molecule has 0 fully saturated rings. The van der Waals surface area contributed by atoms with E-state index in [0.717, 1.165) is 23.0 Å². The predicted octanol–water partition coefficient (Wildman–Crippen LogP) is 3.50. The number of carbonyl (C=O) groups excluding carboxylic acids is 1. The number of nitro benzene ring substituents is 1. The SMILES string of the molecule is NC(=O)Cn1cc(/C=N/Nc2ccc(C(F)(F)F)cc2[N+](=O)[O-])c2ccccc21. The second kappa shape index (κ2) is 7.62. The summed E-state index contributed by atoms with van der Waals surface area (Å²) in [5.74, 6) is -0.534. The van der Waals surface area contributed by atoms with Gasteiger partial charge < -0.3 is 10.3 Å². The van der Waals surface area contributed by atoms with Crippen LogP contribution in [0.25, 0.3) is 10.9 Å². The van der Waals surface area contributed by atoms with E-state index in [-0.39, 0.29) is 12.2 Å². The molecular formula is C18H14F3N5O3. The van der Waals surface area contributed by atoms with Crippen molar-refractivity contribution in [3.05, 3.63) is 69.9 Å². The molecule has 29 heavy (non-hydrogen) atoms. The molecule has 0 aliphatic heterocycles. The fourth-order valence-corrected chi connectivity index (χ4v) is 2.80. The van der Waals surface area contributed by atoms with Crippen molar-refractivity contribution in [2.24, 2.45) is 10.8 Å². The minimum absolute atomic E-state index is 0.0494. The van der Waals surface area contributed by atoms with Gasteiger partial charge in [0, 0.05) is 28.7 Å². The molecule has 0 radical (unpaired) electrons. The normalized spacial score (nSPS) is 11.8. The summed E-state index contributed by atoms with van der Waals surface area (Å²) >= 11 is 0. The number of amides is 1. The van der Waals surface area contributed by atoms with Crippen LogP contribution < -0.4 is 11.2 Å². The van der Waals surface area contributed by atoms with E-state index in [1.54, 1.807) is 35.0 Å². The molecule has 0 aliphatic rings. The van der Waals surface area contributed by atoms with E-state index in [9.17, 15) is 28.1 Å². The molecule has 3 rings (SSSR count). The topological polar surface area (TPSA) is 116 Å². The van der Waals surface area contributed by atoms with Crippen LogP contribution in [0, 0.1) is 10.1 Å². The number of fused-ring (bicyclic) bond motifs is 1. The van der Waals surface area contributed by atoms with Crippen LogP contribution >= 0.6 is 0 Å². The summed E-state index contributed by atoms with van der Waals surface area (Å²) in [6.45, 7) is -0.0494. The molecule has 0 saturated heterocycles. The van der Waals surface area contributed by atoms with Gasteiger partial charge in [-0.3, -0.25) is 20.3 Å². The van der Waals surface area contributed by atoms with E-state index in [1.165, 1.54) is 6.21 Å². The number of nitro groups is 1. The molecule has 3 aromatic rings. The number of benzene rings is 2. The Morgan fingerprint density at radius 1 is 1.28 bits per heavy atom. The lowest BCUT2D eigenvalue weighted by Crippen LogP contribution is -2.17. The zero-order chi connectivity index (χ0) is 21.2. The Kier molecular flexibility index (Phi) is 5.22. The van der Waals surface area contributed by atoms with Crippen LogP contribution in [0.1, 0.15) is 11.1 Å². The van der Waals surface area contributed by atoms with Crippen molar-refractivity contribution in [2.75, 3.05) is 5.43 Å². The fraction of sp³-hybridized carbons (Fsp3) is 0.111. The summed E-state index contributed by atoms with van der Waals surface area (Å²) in [5, 5.41) is 15.8. The first-order valence-electron chi connectivity index (χ1n) is 8.17. The molecule has 8 nitrogen and oxygen atoms in total. The quantitative estimate of drug-likeness (QED) is 0.371. The van der Waals surface area contributed by atoms with Crippen LogP contribution in [0.3, 0.4) is 0 Å². The largest absolute Gasteiger partial charge is 0.416 e. The van der Waals surface area contributed by atoms with Gasteiger partial charge in [-0.15, -0.1) is 0 Å². The standard InChI is InChI=1S/C18H14F3N5O3/c19-18(20,21)12-5-6-14(16(7-12)26(28)29)24-23-8-11-9-25(10-17(22)27)15-4-2-1-3-13(11)15/h1-9,24H,10H2,(H2,22,27)/b23-8+. The summed E-state index contributed by atoms with van der Waals surface area (Å²) in [5.41, 5.74) is 6.87. The van der Waals surface area contributed by atoms with Gasteiger partial charge in [0.1, 0.15) is 12.2 Å². The van der Waals surface area contributed by atoms with E-state index in [2.05, 4.69) is 10.5 Å². The Balaban J connectivity index is 1.90. The molecule has 0 saturated carbocycles. The third kappa shape index (κ3) is 4.34. The van der Waals surface area contributed by atoms with Crippen molar-refractivity contribution in [2.45, 2.75) is 12.7 Å². The maximum absolute atomic E-state index is 12.8. The maximum Gasteiger partial charge on any atom is 0.416 e. The zero-order valence-electron chi connectivity index (χ0n) is 14.7. The third-order valence-corrected chi connectivity index (χ3v) is 4.06. The number of nitrogens with one attached hydrogen (secondary N) is 1. The minimum Gasteiger partial charge on any atom is -0.368 e. The van der Waals surface area contributed by atoms with Crippen LogP contribution in [0.15, 0.2) is 53.8 Å². The van der Waals surface area contributed by atoms with Crippen LogP contribution in [0.5, 0.6) is 0 Å². The Labute approximate surface area is 161 Å². The monoisotopic (exact) mass is 405 g/mol. The van der Waals surface area contributed by atoms with Gasteiger partial charge in [-0.1, -0.05) is 18.2 Å². The first kappa shape index (κ1) is 19.9. The average Bonchev–Trinajstić information content (AvgIpc) is 2.98. The molecule has 0 atom stereocenters. The highest BCUT2D eigenvalue weighted by atomic mass is 19.4. The minimum atomic E-state index is -4.70.